The first-order chi connectivity index (χ1) is 11.9. The lowest BCUT2D eigenvalue weighted by Gasteiger charge is -2.26. The second-order valence-electron chi connectivity index (χ2n) is 6.32. The van der Waals surface area contributed by atoms with E-state index in [1.807, 2.05) is 13.8 Å². The third-order valence-electron chi connectivity index (χ3n) is 4.50. The van der Waals surface area contributed by atoms with Gasteiger partial charge in [-0.05, 0) is 43.5 Å². The highest BCUT2D eigenvalue weighted by atomic mass is 19.1. The number of benzene rings is 1. The minimum absolute atomic E-state index is 0.103. The Hall–Kier alpha value is -2.28. The van der Waals surface area contributed by atoms with Crippen molar-refractivity contribution in [2.24, 2.45) is 5.73 Å². The van der Waals surface area contributed by atoms with Crippen LogP contribution in [0.3, 0.4) is 0 Å². The predicted molar refractivity (Wildman–Crippen MR) is 93.3 cm³/mol. The minimum atomic E-state index is -0.367. The van der Waals surface area contributed by atoms with E-state index >= 15 is 0 Å². The Morgan fingerprint density at radius 2 is 2.08 bits per heavy atom. The number of aromatic nitrogens is 2. The number of carbonyl (C=O) groups is 1. The first kappa shape index (κ1) is 19.1. The lowest BCUT2D eigenvalue weighted by atomic mass is 9.94. The monoisotopic (exact) mass is 348 g/mol. The highest BCUT2D eigenvalue weighted by Crippen LogP contribution is 2.19. The molecule has 1 aromatic carbocycles. The molecule has 0 atom stereocenters. The average molecular weight is 348 g/mol. The van der Waals surface area contributed by atoms with Gasteiger partial charge in [-0.1, -0.05) is 19.0 Å². The summed E-state index contributed by atoms with van der Waals surface area (Å²) >= 11 is 0. The summed E-state index contributed by atoms with van der Waals surface area (Å²) in [7, 11) is 0. The second-order valence-corrected chi connectivity index (χ2v) is 6.32. The fourth-order valence-electron chi connectivity index (χ4n) is 2.34. The highest BCUT2D eigenvalue weighted by Gasteiger charge is 2.21. The fraction of sp³-hybridized carbons (Fsp3) is 0.500. The molecule has 0 saturated heterocycles. The summed E-state index contributed by atoms with van der Waals surface area (Å²) in [4.78, 5) is 16.2. The summed E-state index contributed by atoms with van der Waals surface area (Å²) < 4.78 is 18.5. The summed E-state index contributed by atoms with van der Waals surface area (Å²) in [5.74, 6) is 0.377. The van der Waals surface area contributed by atoms with Crippen LogP contribution in [0.1, 0.15) is 44.6 Å². The van der Waals surface area contributed by atoms with Gasteiger partial charge in [0, 0.05) is 30.5 Å². The number of nitrogens with one attached hydrogen (secondary N) is 1. The van der Waals surface area contributed by atoms with Gasteiger partial charge < -0.3 is 15.6 Å². The molecule has 0 aliphatic heterocycles. The molecule has 0 unspecified atom stereocenters. The van der Waals surface area contributed by atoms with Gasteiger partial charge in [0.1, 0.15) is 5.82 Å². The van der Waals surface area contributed by atoms with Crippen molar-refractivity contribution in [3.05, 3.63) is 35.5 Å². The first-order valence-electron chi connectivity index (χ1n) is 8.51. The van der Waals surface area contributed by atoms with Gasteiger partial charge in [-0.2, -0.15) is 4.98 Å². The molecule has 1 aromatic heterocycles. The zero-order valence-corrected chi connectivity index (χ0v) is 14.9. The second kappa shape index (κ2) is 8.20. The van der Waals surface area contributed by atoms with E-state index in [-0.39, 0.29) is 23.7 Å². The maximum Gasteiger partial charge on any atom is 0.227 e. The van der Waals surface area contributed by atoms with Crippen LogP contribution >= 0.6 is 0 Å². The molecule has 25 heavy (non-hydrogen) atoms. The van der Waals surface area contributed by atoms with Crippen molar-refractivity contribution in [3.63, 3.8) is 0 Å². The molecule has 0 spiro atoms. The van der Waals surface area contributed by atoms with Crippen LogP contribution in [0.15, 0.2) is 22.7 Å². The smallest absolute Gasteiger partial charge is 0.227 e. The molecule has 0 bridgehead atoms. The topological polar surface area (TPSA) is 94.0 Å². The summed E-state index contributed by atoms with van der Waals surface area (Å²) in [6, 6.07) is 4.63. The molecular formula is C18H25FN4O2. The molecule has 2 aromatic rings. The Labute approximate surface area is 147 Å². The number of aryl methyl sites for hydroxylation is 2. The average Bonchev–Trinajstić information content (AvgIpc) is 3.09. The van der Waals surface area contributed by atoms with Gasteiger partial charge >= 0.3 is 0 Å². The van der Waals surface area contributed by atoms with Crippen LogP contribution in [0.5, 0.6) is 0 Å². The number of halogens is 1. The van der Waals surface area contributed by atoms with Crippen molar-refractivity contribution in [1.29, 1.82) is 0 Å². The Morgan fingerprint density at radius 3 is 2.72 bits per heavy atom. The summed E-state index contributed by atoms with van der Waals surface area (Å²) in [6.45, 7) is 6.14. The van der Waals surface area contributed by atoms with Gasteiger partial charge in [-0.3, -0.25) is 4.79 Å². The Bertz CT molecular complexity index is 726. The van der Waals surface area contributed by atoms with Gasteiger partial charge in [0.15, 0.2) is 0 Å². The number of hydrogen-bond donors (Lipinski definition) is 2. The summed E-state index contributed by atoms with van der Waals surface area (Å²) in [6.07, 6.45) is 2.18. The lowest BCUT2D eigenvalue weighted by Crippen LogP contribution is -2.49. The van der Waals surface area contributed by atoms with Crippen LogP contribution in [-0.4, -0.2) is 28.1 Å². The van der Waals surface area contributed by atoms with E-state index in [0.717, 1.165) is 12.8 Å². The normalized spacial score (nSPS) is 11.6. The van der Waals surface area contributed by atoms with Crippen molar-refractivity contribution >= 4 is 5.91 Å². The Morgan fingerprint density at radius 1 is 1.36 bits per heavy atom. The van der Waals surface area contributed by atoms with Gasteiger partial charge in [0.25, 0.3) is 0 Å². The Balaban J connectivity index is 1.89. The standard InChI is InChI=1S/C18H25FN4O2/c1-4-18(20,5-2)11-21-15(24)8-9-16-22-17(23-25-16)13-6-7-14(19)12(3)10-13/h6-7,10H,4-5,8-9,11,20H2,1-3H3,(H,21,24). The molecule has 3 N–H and O–H groups in total. The predicted octanol–water partition coefficient (Wildman–Crippen LogP) is 2.75. The first-order valence-corrected chi connectivity index (χ1v) is 8.51. The van der Waals surface area contributed by atoms with Gasteiger partial charge in [0.2, 0.25) is 17.6 Å². The molecule has 0 aliphatic carbocycles. The van der Waals surface area contributed by atoms with Crippen molar-refractivity contribution in [1.82, 2.24) is 15.5 Å². The van der Waals surface area contributed by atoms with Gasteiger partial charge in [-0.25, -0.2) is 4.39 Å². The van der Waals surface area contributed by atoms with E-state index in [9.17, 15) is 9.18 Å². The van der Waals surface area contributed by atoms with E-state index in [1.165, 1.54) is 6.07 Å². The molecule has 0 aliphatic rings. The molecule has 7 heteroatoms. The molecule has 136 valence electrons. The Kier molecular flexibility index (Phi) is 6.25. The molecule has 0 radical (unpaired) electrons. The maximum atomic E-state index is 13.3. The third-order valence-corrected chi connectivity index (χ3v) is 4.50. The van der Waals surface area contributed by atoms with E-state index in [2.05, 4.69) is 15.5 Å². The summed E-state index contributed by atoms with van der Waals surface area (Å²) in [5.41, 5.74) is 6.99. The molecule has 1 heterocycles. The zero-order valence-electron chi connectivity index (χ0n) is 14.9. The van der Waals surface area contributed by atoms with Crippen molar-refractivity contribution in [2.75, 3.05) is 6.54 Å². The molecular weight excluding hydrogens is 323 g/mol. The van der Waals surface area contributed by atoms with Crippen LogP contribution in [0, 0.1) is 12.7 Å². The van der Waals surface area contributed by atoms with Gasteiger partial charge in [0.05, 0.1) is 0 Å². The molecule has 6 nitrogen and oxygen atoms in total. The SMILES string of the molecule is CCC(N)(CC)CNC(=O)CCc1nc(-c2ccc(F)c(C)c2)no1. The zero-order chi connectivity index (χ0) is 18.4. The molecule has 0 fully saturated rings. The van der Waals surface area contributed by atoms with Crippen LogP contribution in [0.2, 0.25) is 0 Å². The van der Waals surface area contributed by atoms with Crippen LogP contribution in [-0.2, 0) is 11.2 Å². The maximum absolute atomic E-state index is 13.3. The van der Waals surface area contributed by atoms with Crippen LogP contribution in [0.25, 0.3) is 11.4 Å². The van der Waals surface area contributed by atoms with Crippen molar-refractivity contribution < 1.29 is 13.7 Å². The number of carbonyl (C=O) groups excluding carboxylic acids is 1. The number of amides is 1. The van der Waals surface area contributed by atoms with E-state index < -0.39 is 0 Å². The third kappa shape index (κ3) is 5.09. The number of rotatable bonds is 8. The molecule has 1 amide bonds. The summed E-state index contributed by atoms with van der Waals surface area (Å²) in [5, 5.41) is 6.74. The van der Waals surface area contributed by atoms with Crippen molar-refractivity contribution in [2.45, 2.75) is 52.0 Å². The van der Waals surface area contributed by atoms with Crippen molar-refractivity contribution in [3.8, 4) is 11.4 Å². The van der Waals surface area contributed by atoms with Crippen LogP contribution < -0.4 is 11.1 Å². The van der Waals surface area contributed by atoms with E-state index in [4.69, 9.17) is 10.3 Å². The molecule has 2 rings (SSSR count). The van der Waals surface area contributed by atoms with Gasteiger partial charge in [-0.15, -0.1) is 0 Å². The fourth-order valence-corrected chi connectivity index (χ4v) is 2.34. The van der Waals surface area contributed by atoms with E-state index in [1.54, 1.807) is 19.1 Å². The lowest BCUT2D eigenvalue weighted by molar-refractivity contribution is -0.121. The largest absolute Gasteiger partial charge is 0.354 e. The highest BCUT2D eigenvalue weighted by molar-refractivity contribution is 5.76. The quantitative estimate of drug-likeness (QED) is 0.765. The molecule has 0 saturated carbocycles. The van der Waals surface area contributed by atoms with E-state index in [0.29, 0.717) is 35.8 Å². The number of nitrogens with two attached hydrogens (primary N) is 1. The number of hydrogen-bond acceptors (Lipinski definition) is 5. The minimum Gasteiger partial charge on any atom is -0.354 e. The van der Waals surface area contributed by atoms with Crippen LogP contribution in [0.4, 0.5) is 4.39 Å². The number of nitrogens with zero attached hydrogens (tertiary/aromatic N) is 2.